The number of aliphatic hydroxyl groups excluding tert-OH is 1. The second-order valence-corrected chi connectivity index (χ2v) is 3.32. The third-order valence-corrected chi connectivity index (χ3v) is 2.27. The number of hydrogen-bond donors (Lipinski definition) is 1. The fraction of sp³-hybridized carbons (Fsp3) is 0.167. The molecule has 0 aromatic heterocycles. The number of fused-ring (bicyclic) bond motifs is 1. The number of benzene rings is 1. The number of Topliss-reactive ketones (excluding diaryl/α,β-unsaturated/α-hetero) is 1. The van der Waals surface area contributed by atoms with Crippen molar-refractivity contribution in [1.82, 2.24) is 0 Å². The Bertz CT molecular complexity index is 474. The Hall–Kier alpha value is -1.94. The summed E-state index contributed by atoms with van der Waals surface area (Å²) in [5.74, 6) is -0.565. The number of hydrogen-bond acceptors (Lipinski definition) is 4. The van der Waals surface area contributed by atoms with E-state index >= 15 is 0 Å². The number of ketones is 2. The summed E-state index contributed by atoms with van der Waals surface area (Å²) in [7, 11) is 0. The molecule has 1 aromatic carbocycles. The summed E-state index contributed by atoms with van der Waals surface area (Å²) in [6, 6.07) is 6.59. The predicted molar refractivity (Wildman–Crippen MR) is 56.2 cm³/mol. The van der Waals surface area contributed by atoms with Crippen LogP contribution in [0.2, 0.25) is 0 Å². The van der Waals surface area contributed by atoms with E-state index in [1.54, 1.807) is 24.3 Å². The average Bonchev–Trinajstić information content (AvgIpc) is 2.32. The Kier molecular flexibility index (Phi) is 2.83. The zero-order chi connectivity index (χ0) is 11.5. The second kappa shape index (κ2) is 4.28. The maximum Gasteiger partial charge on any atom is 0.228 e. The molecule has 0 amide bonds. The van der Waals surface area contributed by atoms with Crippen molar-refractivity contribution >= 4 is 11.6 Å². The molecule has 1 aliphatic rings. The first-order valence-corrected chi connectivity index (χ1v) is 4.87. The summed E-state index contributed by atoms with van der Waals surface area (Å²) >= 11 is 0. The maximum atomic E-state index is 11.8. The molecular formula is C12H10O4. The maximum absolute atomic E-state index is 11.8. The highest BCUT2D eigenvalue weighted by atomic mass is 16.5. The zero-order valence-electron chi connectivity index (χ0n) is 8.47. The minimum Gasteiger partial charge on any atom is -0.487 e. The molecule has 0 radical (unpaired) electrons. The lowest BCUT2D eigenvalue weighted by molar-refractivity contribution is 0.0839. The molecule has 1 N–H and O–H groups in total. The number of allylic oxidation sites excluding steroid dienone is 2. The minimum atomic E-state index is -0.316. The lowest BCUT2D eigenvalue weighted by Gasteiger charge is -2.14. The van der Waals surface area contributed by atoms with Gasteiger partial charge in [-0.15, -0.1) is 0 Å². The molecule has 0 atom stereocenters. The number of aliphatic hydroxyl groups is 1. The molecule has 1 aliphatic carbocycles. The van der Waals surface area contributed by atoms with Crippen LogP contribution in [0.1, 0.15) is 20.7 Å². The summed E-state index contributed by atoms with van der Waals surface area (Å²) in [6.45, 7) is -0.187. The van der Waals surface area contributed by atoms with E-state index in [2.05, 4.69) is 0 Å². The van der Waals surface area contributed by atoms with Gasteiger partial charge in [0.05, 0.1) is 6.61 Å². The van der Waals surface area contributed by atoms with Crippen LogP contribution >= 0.6 is 0 Å². The fourth-order valence-corrected chi connectivity index (χ4v) is 1.55. The van der Waals surface area contributed by atoms with Crippen molar-refractivity contribution in [2.75, 3.05) is 13.2 Å². The first kappa shape index (κ1) is 10.6. The van der Waals surface area contributed by atoms with Crippen LogP contribution in [0.3, 0.4) is 0 Å². The van der Waals surface area contributed by atoms with E-state index in [4.69, 9.17) is 9.84 Å². The van der Waals surface area contributed by atoms with Gasteiger partial charge in [0.15, 0.2) is 11.5 Å². The summed E-state index contributed by atoms with van der Waals surface area (Å²) in [5.41, 5.74) is 0.742. The first-order valence-electron chi connectivity index (χ1n) is 4.87. The van der Waals surface area contributed by atoms with Crippen LogP contribution in [0, 0.1) is 0 Å². The lowest BCUT2D eigenvalue weighted by atomic mass is 9.94. The topological polar surface area (TPSA) is 63.6 Å². The predicted octanol–water partition coefficient (Wildman–Crippen LogP) is 0.958. The van der Waals surface area contributed by atoms with Gasteiger partial charge in [0, 0.05) is 17.2 Å². The molecule has 0 saturated carbocycles. The van der Waals surface area contributed by atoms with Crippen molar-refractivity contribution in [3.63, 3.8) is 0 Å². The highest BCUT2D eigenvalue weighted by Crippen LogP contribution is 2.21. The Morgan fingerprint density at radius 3 is 2.50 bits per heavy atom. The number of carbonyl (C=O) groups excluding carboxylic acids is 2. The van der Waals surface area contributed by atoms with Crippen molar-refractivity contribution in [3.8, 4) is 0 Å². The third kappa shape index (κ3) is 1.75. The van der Waals surface area contributed by atoms with Crippen LogP contribution in [0.4, 0.5) is 0 Å². The van der Waals surface area contributed by atoms with Gasteiger partial charge in [0.25, 0.3) is 0 Å². The van der Waals surface area contributed by atoms with E-state index in [0.29, 0.717) is 11.1 Å². The monoisotopic (exact) mass is 218 g/mol. The van der Waals surface area contributed by atoms with Crippen molar-refractivity contribution in [1.29, 1.82) is 0 Å². The quantitative estimate of drug-likeness (QED) is 0.820. The van der Waals surface area contributed by atoms with E-state index in [0.717, 1.165) is 0 Å². The second-order valence-electron chi connectivity index (χ2n) is 3.32. The van der Waals surface area contributed by atoms with E-state index in [-0.39, 0.29) is 30.5 Å². The molecular weight excluding hydrogens is 208 g/mol. The van der Waals surface area contributed by atoms with E-state index in [1.165, 1.54) is 6.08 Å². The van der Waals surface area contributed by atoms with E-state index in [9.17, 15) is 9.59 Å². The molecule has 2 rings (SSSR count). The van der Waals surface area contributed by atoms with Gasteiger partial charge in [-0.3, -0.25) is 9.59 Å². The van der Waals surface area contributed by atoms with E-state index in [1.807, 2.05) is 0 Å². The Morgan fingerprint density at radius 1 is 1.12 bits per heavy atom. The Labute approximate surface area is 92.2 Å². The van der Waals surface area contributed by atoms with Crippen LogP contribution in [0.5, 0.6) is 0 Å². The molecule has 82 valence electrons. The number of carbonyl (C=O) groups is 2. The lowest BCUT2D eigenvalue weighted by Crippen LogP contribution is -2.19. The van der Waals surface area contributed by atoms with Gasteiger partial charge < -0.3 is 9.84 Å². The third-order valence-electron chi connectivity index (χ3n) is 2.27. The molecule has 0 fully saturated rings. The molecule has 0 heterocycles. The standard InChI is InChI=1S/C12H10O4/c13-5-6-16-11-7-10(14)8-3-1-2-4-9(8)12(11)15/h1-4,7,13H,5-6H2. The molecule has 4 nitrogen and oxygen atoms in total. The first-order chi connectivity index (χ1) is 7.74. The molecule has 1 aromatic rings. The number of ether oxygens (including phenoxy) is 1. The SMILES string of the molecule is O=C1C=C(OCCO)C(=O)c2ccccc21. The molecule has 0 saturated heterocycles. The van der Waals surface area contributed by atoms with Crippen LogP contribution in [0.15, 0.2) is 36.1 Å². The molecule has 4 heteroatoms. The minimum absolute atomic E-state index is 0.00208. The molecule has 0 unspecified atom stereocenters. The van der Waals surface area contributed by atoms with Gasteiger partial charge >= 0.3 is 0 Å². The summed E-state index contributed by atoms with van der Waals surface area (Å²) in [6.07, 6.45) is 1.17. The van der Waals surface area contributed by atoms with Crippen LogP contribution in [0.25, 0.3) is 0 Å². The molecule has 0 aliphatic heterocycles. The van der Waals surface area contributed by atoms with Crippen LogP contribution in [-0.4, -0.2) is 29.9 Å². The van der Waals surface area contributed by atoms with Gasteiger partial charge in [-0.1, -0.05) is 24.3 Å². The summed E-state index contributed by atoms with van der Waals surface area (Å²) < 4.78 is 5.01. The largest absolute Gasteiger partial charge is 0.487 e. The molecule has 16 heavy (non-hydrogen) atoms. The molecule has 0 spiro atoms. The summed E-state index contributed by atoms with van der Waals surface area (Å²) in [4.78, 5) is 23.5. The van der Waals surface area contributed by atoms with Crippen molar-refractivity contribution < 1.29 is 19.4 Å². The number of rotatable bonds is 3. The smallest absolute Gasteiger partial charge is 0.228 e. The normalized spacial score (nSPS) is 14.4. The van der Waals surface area contributed by atoms with E-state index < -0.39 is 0 Å². The van der Waals surface area contributed by atoms with Gasteiger partial charge in [-0.2, -0.15) is 0 Å². The zero-order valence-corrected chi connectivity index (χ0v) is 8.47. The average molecular weight is 218 g/mol. The van der Waals surface area contributed by atoms with Crippen molar-refractivity contribution in [3.05, 3.63) is 47.2 Å². The van der Waals surface area contributed by atoms with Gasteiger partial charge in [0.1, 0.15) is 6.61 Å². The van der Waals surface area contributed by atoms with Gasteiger partial charge in [-0.25, -0.2) is 0 Å². The van der Waals surface area contributed by atoms with Gasteiger partial charge in [0.2, 0.25) is 5.78 Å². The fourth-order valence-electron chi connectivity index (χ4n) is 1.55. The van der Waals surface area contributed by atoms with Crippen molar-refractivity contribution in [2.45, 2.75) is 0 Å². The highest BCUT2D eigenvalue weighted by Gasteiger charge is 2.25. The Morgan fingerprint density at radius 2 is 1.81 bits per heavy atom. The Balaban J connectivity index is 2.36. The summed E-state index contributed by atoms with van der Waals surface area (Å²) in [5, 5.41) is 8.60. The molecule has 0 bridgehead atoms. The highest BCUT2D eigenvalue weighted by molar-refractivity contribution is 6.23. The van der Waals surface area contributed by atoms with Crippen LogP contribution < -0.4 is 0 Å². The van der Waals surface area contributed by atoms with Crippen molar-refractivity contribution in [2.24, 2.45) is 0 Å². The van der Waals surface area contributed by atoms with Gasteiger partial charge in [-0.05, 0) is 0 Å². The van der Waals surface area contributed by atoms with Crippen LogP contribution in [-0.2, 0) is 4.74 Å².